The molecule has 1 aliphatic carbocycles. The molecule has 0 radical (unpaired) electrons. The number of aryl methyl sites for hydroxylation is 1. The second-order valence-corrected chi connectivity index (χ2v) is 5.89. The summed E-state index contributed by atoms with van der Waals surface area (Å²) < 4.78 is 0. The fourth-order valence-electron chi connectivity index (χ4n) is 3.24. The van der Waals surface area contributed by atoms with E-state index in [1.54, 1.807) is 0 Å². The number of fused-ring (bicyclic) bond motifs is 1. The van der Waals surface area contributed by atoms with Crippen molar-refractivity contribution in [1.29, 1.82) is 0 Å². The predicted octanol–water partition coefficient (Wildman–Crippen LogP) is 2.81. The first kappa shape index (κ1) is 13.4. The molecule has 1 saturated heterocycles. The van der Waals surface area contributed by atoms with E-state index < -0.39 is 5.97 Å². The molecular formula is C17H21NO2. The fraction of sp³-hybridized carbons (Fsp3) is 0.471. The topological polar surface area (TPSA) is 40.5 Å². The number of hydrogen-bond acceptors (Lipinski definition) is 2. The highest BCUT2D eigenvalue weighted by molar-refractivity contribution is 5.70. The maximum absolute atomic E-state index is 11.0. The van der Waals surface area contributed by atoms with Crippen molar-refractivity contribution in [3.63, 3.8) is 0 Å². The Hall–Kier alpha value is -1.61. The first-order valence-corrected chi connectivity index (χ1v) is 7.45. The van der Waals surface area contributed by atoms with Gasteiger partial charge >= 0.3 is 5.97 Å². The second-order valence-electron chi connectivity index (χ2n) is 5.89. The summed E-state index contributed by atoms with van der Waals surface area (Å²) in [7, 11) is 0. The Bertz CT molecular complexity index is 528. The van der Waals surface area contributed by atoms with Gasteiger partial charge in [0.15, 0.2) is 0 Å². The molecule has 0 amide bonds. The largest absolute Gasteiger partial charge is 0.481 e. The van der Waals surface area contributed by atoms with Crippen LogP contribution in [0, 0.1) is 5.92 Å². The highest BCUT2D eigenvalue weighted by Crippen LogP contribution is 2.25. The average Bonchev–Trinajstić information content (AvgIpc) is 2.48. The van der Waals surface area contributed by atoms with Crippen LogP contribution in [-0.4, -0.2) is 35.6 Å². The van der Waals surface area contributed by atoms with Gasteiger partial charge in [-0.1, -0.05) is 35.9 Å². The van der Waals surface area contributed by atoms with Crippen LogP contribution in [0.2, 0.25) is 0 Å². The average molecular weight is 271 g/mol. The number of likely N-dealkylation sites (tertiary alicyclic amines) is 1. The summed E-state index contributed by atoms with van der Waals surface area (Å²) in [4.78, 5) is 13.4. The van der Waals surface area contributed by atoms with E-state index in [1.165, 1.54) is 16.7 Å². The van der Waals surface area contributed by atoms with Crippen LogP contribution in [0.1, 0.15) is 30.4 Å². The summed E-state index contributed by atoms with van der Waals surface area (Å²) in [6.07, 6.45) is 6.17. The van der Waals surface area contributed by atoms with Crippen LogP contribution in [-0.2, 0) is 11.2 Å². The number of rotatable bonds is 3. The molecule has 0 saturated carbocycles. The van der Waals surface area contributed by atoms with Crippen LogP contribution in [0.5, 0.6) is 0 Å². The zero-order chi connectivity index (χ0) is 13.9. The SMILES string of the molecule is O=C(O)C1CCN(CC2=Cc3ccccc3CC2)CC1. The van der Waals surface area contributed by atoms with Crippen LogP contribution in [0.4, 0.5) is 0 Å². The summed E-state index contributed by atoms with van der Waals surface area (Å²) in [5.41, 5.74) is 4.28. The summed E-state index contributed by atoms with van der Waals surface area (Å²) in [6, 6.07) is 8.59. The molecule has 1 aromatic carbocycles. The van der Waals surface area contributed by atoms with Gasteiger partial charge in [0.2, 0.25) is 0 Å². The molecule has 0 unspecified atom stereocenters. The quantitative estimate of drug-likeness (QED) is 0.919. The van der Waals surface area contributed by atoms with Gasteiger partial charge in [-0.15, -0.1) is 0 Å². The number of carboxylic acid groups (broad SMARTS) is 1. The molecule has 1 heterocycles. The third-order valence-electron chi connectivity index (χ3n) is 4.49. The van der Waals surface area contributed by atoms with Gasteiger partial charge in [-0.25, -0.2) is 0 Å². The molecule has 1 fully saturated rings. The standard InChI is InChI=1S/C17H21NO2/c19-17(20)15-7-9-18(10-8-15)12-13-5-6-14-3-1-2-4-16(14)11-13/h1-4,11,15H,5-10,12H2,(H,19,20). The maximum Gasteiger partial charge on any atom is 0.306 e. The molecule has 0 aromatic heterocycles. The zero-order valence-electron chi connectivity index (χ0n) is 11.7. The normalized spacial score (nSPS) is 20.3. The molecule has 3 heteroatoms. The molecule has 0 atom stereocenters. The van der Waals surface area contributed by atoms with E-state index in [1.807, 2.05) is 0 Å². The number of carboxylic acids is 1. The molecule has 20 heavy (non-hydrogen) atoms. The van der Waals surface area contributed by atoms with E-state index in [9.17, 15) is 4.79 Å². The summed E-state index contributed by atoms with van der Waals surface area (Å²) in [6.45, 7) is 2.83. The number of carbonyl (C=O) groups is 1. The van der Waals surface area contributed by atoms with E-state index in [4.69, 9.17) is 5.11 Å². The lowest BCUT2D eigenvalue weighted by Gasteiger charge is -2.31. The van der Waals surface area contributed by atoms with E-state index >= 15 is 0 Å². The Kier molecular flexibility index (Phi) is 3.88. The maximum atomic E-state index is 11.0. The van der Waals surface area contributed by atoms with Crippen molar-refractivity contribution in [1.82, 2.24) is 4.90 Å². The van der Waals surface area contributed by atoms with Gasteiger partial charge in [0.25, 0.3) is 0 Å². The molecule has 3 nitrogen and oxygen atoms in total. The lowest BCUT2D eigenvalue weighted by Crippen LogP contribution is -2.37. The Morgan fingerprint density at radius 3 is 2.70 bits per heavy atom. The molecule has 3 rings (SSSR count). The highest BCUT2D eigenvalue weighted by Gasteiger charge is 2.25. The highest BCUT2D eigenvalue weighted by atomic mass is 16.4. The Morgan fingerprint density at radius 1 is 1.20 bits per heavy atom. The van der Waals surface area contributed by atoms with Gasteiger partial charge in [-0.3, -0.25) is 9.69 Å². The molecule has 1 N–H and O–H groups in total. The van der Waals surface area contributed by atoms with Crippen LogP contribution in [0.15, 0.2) is 29.8 Å². The van der Waals surface area contributed by atoms with E-state index in [-0.39, 0.29) is 5.92 Å². The Labute approximate surface area is 119 Å². The van der Waals surface area contributed by atoms with Crippen molar-refractivity contribution in [2.75, 3.05) is 19.6 Å². The van der Waals surface area contributed by atoms with Crippen molar-refractivity contribution in [2.24, 2.45) is 5.92 Å². The summed E-state index contributed by atoms with van der Waals surface area (Å²) >= 11 is 0. The lowest BCUT2D eigenvalue weighted by molar-refractivity contribution is -0.143. The minimum absolute atomic E-state index is 0.132. The van der Waals surface area contributed by atoms with Gasteiger partial charge in [-0.2, -0.15) is 0 Å². The van der Waals surface area contributed by atoms with Crippen molar-refractivity contribution >= 4 is 12.0 Å². The summed E-state index contributed by atoms with van der Waals surface area (Å²) in [5, 5.41) is 9.03. The predicted molar refractivity (Wildman–Crippen MR) is 79.5 cm³/mol. The monoisotopic (exact) mass is 271 g/mol. The second kappa shape index (κ2) is 5.80. The number of benzene rings is 1. The molecule has 0 bridgehead atoms. The molecule has 0 spiro atoms. The minimum Gasteiger partial charge on any atom is -0.481 e. The lowest BCUT2D eigenvalue weighted by atomic mass is 9.91. The van der Waals surface area contributed by atoms with E-state index in [0.717, 1.165) is 45.3 Å². The van der Waals surface area contributed by atoms with Crippen molar-refractivity contribution < 1.29 is 9.90 Å². The third-order valence-corrected chi connectivity index (χ3v) is 4.49. The third kappa shape index (κ3) is 2.93. The molecule has 2 aliphatic rings. The molecule has 1 aliphatic heterocycles. The van der Waals surface area contributed by atoms with Gasteiger partial charge in [0.05, 0.1) is 5.92 Å². The van der Waals surface area contributed by atoms with Gasteiger partial charge in [0.1, 0.15) is 0 Å². The summed E-state index contributed by atoms with van der Waals surface area (Å²) in [5.74, 6) is -0.761. The first-order chi connectivity index (χ1) is 9.72. The number of piperidine rings is 1. The van der Waals surface area contributed by atoms with E-state index in [2.05, 4.69) is 35.2 Å². The van der Waals surface area contributed by atoms with Crippen molar-refractivity contribution in [3.8, 4) is 0 Å². The first-order valence-electron chi connectivity index (χ1n) is 7.45. The van der Waals surface area contributed by atoms with Crippen LogP contribution in [0.3, 0.4) is 0 Å². The van der Waals surface area contributed by atoms with Crippen molar-refractivity contribution in [3.05, 3.63) is 41.0 Å². The van der Waals surface area contributed by atoms with E-state index in [0.29, 0.717) is 0 Å². The van der Waals surface area contributed by atoms with Crippen LogP contribution < -0.4 is 0 Å². The molecular weight excluding hydrogens is 250 g/mol. The minimum atomic E-state index is -0.629. The Morgan fingerprint density at radius 2 is 1.95 bits per heavy atom. The van der Waals surface area contributed by atoms with Crippen LogP contribution >= 0.6 is 0 Å². The Balaban J connectivity index is 1.60. The molecule has 1 aromatic rings. The van der Waals surface area contributed by atoms with Gasteiger partial charge in [-0.05, 0) is 49.9 Å². The number of aliphatic carboxylic acids is 1. The molecule has 106 valence electrons. The van der Waals surface area contributed by atoms with Crippen LogP contribution in [0.25, 0.3) is 6.08 Å². The van der Waals surface area contributed by atoms with Crippen molar-refractivity contribution in [2.45, 2.75) is 25.7 Å². The number of nitrogens with zero attached hydrogens (tertiary/aromatic N) is 1. The fourth-order valence-corrected chi connectivity index (χ4v) is 3.24. The number of hydrogen-bond donors (Lipinski definition) is 1. The van der Waals surface area contributed by atoms with Gasteiger partial charge < -0.3 is 5.11 Å². The van der Waals surface area contributed by atoms with Gasteiger partial charge in [0, 0.05) is 6.54 Å². The zero-order valence-corrected chi connectivity index (χ0v) is 11.7. The smallest absolute Gasteiger partial charge is 0.306 e.